The second-order valence-corrected chi connectivity index (χ2v) is 3.05. The summed E-state index contributed by atoms with van der Waals surface area (Å²) in [6.07, 6.45) is -5.78. The van der Waals surface area contributed by atoms with Crippen molar-refractivity contribution in [2.75, 3.05) is 6.61 Å². The quantitative estimate of drug-likeness (QED) is 0.666. The first kappa shape index (κ1) is 9.80. The van der Waals surface area contributed by atoms with Crippen LogP contribution in [0, 0.1) is 5.92 Å². The van der Waals surface area contributed by atoms with Crippen LogP contribution in [0.4, 0.5) is 13.2 Å². The van der Waals surface area contributed by atoms with Crippen LogP contribution >= 0.6 is 0 Å². The number of hydrogen-bond donors (Lipinski definition) is 1. The lowest BCUT2D eigenvalue weighted by atomic mass is 10.00. The van der Waals surface area contributed by atoms with Crippen molar-refractivity contribution in [2.24, 2.45) is 5.92 Å². The average molecular weight is 184 g/mol. The molecule has 0 bridgehead atoms. The molecule has 1 fully saturated rings. The number of aliphatic hydroxyl groups is 1. The summed E-state index contributed by atoms with van der Waals surface area (Å²) in [5.41, 5.74) is 0. The molecule has 1 heterocycles. The van der Waals surface area contributed by atoms with Crippen LogP contribution in [0.3, 0.4) is 0 Å². The minimum absolute atomic E-state index is 0.0469. The van der Waals surface area contributed by atoms with Gasteiger partial charge in [-0.3, -0.25) is 0 Å². The lowest BCUT2D eigenvalue weighted by molar-refractivity contribution is -0.190. The Morgan fingerprint density at radius 2 is 2.08 bits per heavy atom. The maximum Gasteiger partial charge on any atom is 0.394 e. The van der Waals surface area contributed by atoms with E-state index in [2.05, 4.69) is 0 Å². The molecule has 2 nitrogen and oxygen atoms in total. The van der Waals surface area contributed by atoms with Gasteiger partial charge in [0.1, 0.15) is 0 Å². The fraction of sp³-hybridized carbons (Fsp3) is 1.00. The summed E-state index contributed by atoms with van der Waals surface area (Å²) in [6.45, 7) is 1.02. The summed E-state index contributed by atoms with van der Waals surface area (Å²) in [4.78, 5) is 0. The highest BCUT2D eigenvalue weighted by atomic mass is 19.4. The van der Waals surface area contributed by atoms with Crippen LogP contribution in [0.25, 0.3) is 0 Å². The summed E-state index contributed by atoms with van der Waals surface area (Å²) in [5, 5.41) is 8.59. The van der Waals surface area contributed by atoms with E-state index in [9.17, 15) is 13.2 Å². The number of aliphatic hydroxyl groups excluding tert-OH is 1. The predicted molar refractivity (Wildman–Crippen MR) is 35.6 cm³/mol. The van der Waals surface area contributed by atoms with E-state index in [0.29, 0.717) is 0 Å². The van der Waals surface area contributed by atoms with E-state index in [-0.39, 0.29) is 6.42 Å². The third-order valence-corrected chi connectivity index (χ3v) is 2.04. The van der Waals surface area contributed by atoms with Gasteiger partial charge in [0, 0.05) is 0 Å². The van der Waals surface area contributed by atoms with Crippen molar-refractivity contribution < 1.29 is 23.0 Å². The molecule has 0 spiro atoms. The SMILES string of the molecule is C[C@H]1C[C@@H](C(F)(F)F)[C@@H](CO)O1. The summed E-state index contributed by atoms with van der Waals surface area (Å²) >= 11 is 0. The molecular weight excluding hydrogens is 173 g/mol. The van der Waals surface area contributed by atoms with Gasteiger partial charge in [0.15, 0.2) is 0 Å². The predicted octanol–water partition coefficient (Wildman–Crippen LogP) is 1.33. The molecule has 1 saturated heterocycles. The summed E-state index contributed by atoms with van der Waals surface area (Å²) in [7, 11) is 0. The molecule has 5 heteroatoms. The number of halogens is 3. The molecule has 1 rings (SSSR count). The Labute approximate surface area is 68.3 Å². The standard InChI is InChI=1S/C7H11F3O2/c1-4-2-5(7(8,9)10)6(3-11)12-4/h4-6,11H,2-3H2,1H3/t4-,5+,6+/m0/s1. The van der Waals surface area contributed by atoms with Gasteiger partial charge in [-0.2, -0.15) is 13.2 Å². The molecule has 0 aromatic carbocycles. The zero-order chi connectivity index (χ0) is 9.35. The molecule has 0 radical (unpaired) electrons. The molecule has 1 N–H and O–H groups in total. The molecule has 0 aromatic heterocycles. The molecule has 72 valence electrons. The monoisotopic (exact) mass is 184 g/mol. The van der Waals surface area contributed by atoms with E-state index in [1.807, 2.05) is 0 Å². The van der Waals surface area contributed by atoms with Gasteiger partial charge in [0.2, 0.25) is 0 Å². The highest BCUT2D eigenvalue weighted by molar-refractivity contribution is 4.84. The van der Waals surface area contributed by atoms with Gasteiger partial charge < -0.3 is 9.84 Å². The van der Waals surface area contributed by atoms with E-state index >= 15 is 0 Å². The Morgan fingerprint density at radius 1 is 1.50 bits per heavy atom. The Hall–Kier alpha value is -0.290. The number of rotatable bonds is 1. The number of hydrogen-bond acceptors (Lipinski definition) is 2. The second kappa shape index (κ2) is 3.22. The zero-order valence-electron chi connectivity index (χ0n) is 6.64. The molecule has 0 unspecified atom stereocenters. The van der Waals surface area contributed by atoms with Gasteiger partial charge in [0.05, 0.1) is 24.7 Å². The van der Waals surface area contributed by atoms with Gasteiger partial charge in [-0.25, -0.2) is 0 Å². The second-order valence-electron chi connectivity index (χ2n) is 3.05. The van der Waals surface area contributed by atoms with Crippen LogP contribution in [0.1, 0.15) is 13.3 Å². The molecule has 0 saturated carbocycles. The molecule has 12 heavy (non-hydrogen) atoms. The highest BCUT2D eigenvalue weighted by Crippen LogP contribution is 2.38. The van der Waals surface area contributed by atoms with Crippen LogP contribution in [0.15, 0.2) is 0 Å². The van der Waals surface area contributed by atoms with Crippen molar-refractivity contribution in [3.63, 3.8) is 0 Å². The maximum atomic E-state index is 12.2. The first-order chi connectivity index (χ1) is 5.45. The van der Waals surface area contributed by atoms with Crippen molar-refractivity contribution in [3.05, 3.63) is 0 Å². The van der Waals surface area contributed by atoms with Crippen LogP contribution < -0.4 is 0 Å². The van der Waals surface area contributed by atoms with Gasteiger partial charge in [0.25, 0.3) is 0 Å². The molecule has 0 aromatic rings. The minimum atomic E-state index is -4.25. The Kier molecular flexibility index (Phi) is 2.63. The lowest BCUT2D eigenvalue weighted by Gasteiger charge is -2.18. The van der Waals surface area contributed by atoms with Crippen molar-refractivity contribution >= 4 is 0 Å². The molecule has 0 amide bonds. The molecular formula is C7H11F3O2. The number of ether oxygens (including phenoxy) is 1. The van der Waals surface area contributed by atoms with E-state index < -0.39 is 30.9 Å². The van der Waals surface area contributed by atoms with Crippen molar-refractivity contribution in [2.45, 2.75) is 31.7 Å². The Morgan fingerprint density at radius 3 is 2.42 bits per heavy atom. The van der Waals surface area contributed by atoms with Crippen molar-refractivity contribution in [1.29, 1.82) is 0 Å². The summed E-state index contributed by atoms with van der Waals surface area (Å²) in [6, 6.07) is 0. The average Bonchev–Trinajstić information content (AvgIpc) is 2.29. The molecule has 3 atom stereocenters. The Bertz CT molecular complexity index is 157. The zero-order valence-corrected chi connectivity index (χ0v) is 6.64. The van der Waals surface area contributed by atoms with Crippen LogP contribution in [-0.4, -0.2) is 30.1 Å². The first-order valence-corrected chi connectivity index (χ1v) is 3.78. The van der Waals surface area contributed by atoms with E-state index in [1.54, 1.807) is 6.92 Å². The summed E-state index contributed by atoms with van der Waals surface area (Å²) in [5.74, 6) is -1.50. The van der Waals surface area contributed by atoms with Gasteiger partial charge in [-0.1, -0.05) is 0 Å². The van der Waals surface area contributed by atoms with Crippen LogP contribution in [0.2, 0.25) is 0 Å². The lowest BCUT2D eigenvalue weighted by Crippen LogP contribution is -2.32. The van der Waals surface area contributed by atoms with E-state index in [4.69, 9.17) is 9.84 Å². The van der Waals surface area contributed by atoms with E-state index in [0.717, 1.165) is 0 Å². The molecule has 1 aliphatic heterocycles. The van der Waals surface area contributed by atoms with Crippen LogP contribution in [-0.2, 0) is 4.74 Å². The van der Waals surface area contributed by atoms with Crippen LogP contribution in [0.5, 0.6) is 0 Å². The largest absolute Gasteiger partial charge is 0.394 e. The minimum Gasteiger partial charge on any atom is -0.394 e. The molecule has 1 aliphatic rings. The normalized spacial score (nSPS) is 37.2. The number of alkyl halides is 3. The smallest absolute Gasteiger partial charge is 0.394 e. The van der Waals surface area contributed by atoms with Gasteiger partial charge in [-0.15, -0.1) is 0 Å². The Balaban J connectivity index is 2.64. The van der Waals surface area contributed by atoms with Crippen molar-refractivity contribution in [3.8, 4) is 0 Å². The van der Waals surface area contributed by atoms with Gasteiger partial charge in [-0.05, 0) is 13.3 Å². The van der Waals surface area contributed by atoms with E-state index in [1.165, 1.54) is 0 Å². The maximum absolute atomic E-state index is 12.2. The third-order valence-electron chi connectivity index (χ3n) is 2.04. The molecule has 0 aliphatic carbocycles. The highest BCUT2D eigenvalue weighted by Gasteiger charge is 2.49. The fourth-order valence-corrected chi connectivity index (χ4v) is 1.47. The van der Waals surface area contributed by atoms with Crippen molar-refractivity contribution in [1.82, 2.24) is 0 Å². The summed E-state index contributed by atoms with van der Waals surface area (Å²) < 4.78 is 41.4. The fourth-order valence-electron chi connectivity index (χ4n) is 1.47. The topological polar surface area (TPSA) is 29.5 Å². The third kappa shape index (κ3) is 1.90. The van der Waals surface area contributed by atoms with Gasteiger partial charge >= 0.3 is 6.18 Å². The first-order valence-electron chi connectivity index (χ1n) is 3.78.